The average Bonchev–Trinajstić information content (AvgIpc) is 3.25. The summed E-state index contributed by atoms with van der Waals surface area (Å²) in [5.41, 5.74) is 1.00. The monoisotopic (exact) mass is 288 g/mol. The summed E-state index contributed by atoms with van der Waals surface area (Å²) in [6.45, 7) is 4.76. The zero-order chi connectivity index (χ0) is 15.3. The Bertz CT molecular complexity index is 521. The van der Waals surface area contributed by atoms with Gasteiger partial charge in [0.15, 0.2) is 0 Å². The summed E-state index contributed by atoms with van der Waals surface area (Å²) in [5.74, 6) is -0.301. The van der Waals surface area contributed by atoms with Crippen molar-refractivity contribution in [2.45, 2.75) is 46.0 Å². The highest BCUT2D eigenvalue weighted by Crippen LogP contribution is 2.46. The van der Waals surface area contributed by atoms with Gasteiger partial charge >= 0.3 is 0 Å². The highest BCUT2D eigenvalue weighted by atomic mass is 16.2. The van der Waals surface area contributed by atoms with E-state index in [0.717, 1.165) is 30.5 Å². The van der Waals surface area contributed by atoms with Gasteiger partial charge in [-0.1, -0.05) is 31.9 Å². The zero-order valence-corrected chi connectivity index (χ0v) is 12.9. The Balaban J connectivity index is 1.90. The number of rotatable bonds is 7. The molecule has 4 nitrogen and oxygen atoms in total. The largest absolute Gasteiger partial charge is 0.355 e. The third-order valence-electron chi connectivity index (χ3n) is 3.96. The van der Waals surface area contributed by atoms with Crippen molar-refractivity contribution in [2.75, 3.05) is 11.9 Å². The molecule has 1 aliphatic rings. The smallest absolute Gasteiger partial charge is 0.240 e. The molecule has 0 heterocycles. The van der Waals surface area contributed by atoms with E-state index < -0.39 is 5.41 Å². The van der Waals surface area contributed by atoms with Crippen LogP contribution in [0.1, 0.15) is 44.6 Å². The van der Waals surface area contributed by atoms with Crippen molar-refractivity contribution >= 4 is 17.5 Å². The van der Waals surface area contributed by atoms with E-state index in [1.807, 2.05) is 31.2 Å². The molecule has 2 amide bonds. The van der Waals surface area contributed by atoms with E-state index >= 15 is 0 Å². The van der Waals surface area contributed by atoms with Crippen LogP contribution in [0.3, 0.4) is 0 Å². The Morgan fingerprint density at radius 3 is 2.57 bits per heavy atom. The molecular weight excluding hydrogens is 264 g/mol. The molecule has 21 heavy (non-hydrogen) atoms. The van der Waals surface area contributed by atoms with Crippen LogP contribution in [0.25, 0.3) is 0 Å². The molecule has 1 fully saturated rings. The third kappa shape index (κ3) is 3.84. The van der Waals surface area contributed by atoms with Gasteiger partial charge in [0.25, 0.3) is 0 Å². The van der Waals surface area contributed by atoms with Crippen LogP contribution in [0, 0.1) is 12.3 Å². The van der Waals surface area contributed by atoms with Crippen LogP contribution in [0.2, 0.25) is 0 Å². The molecule has 0 spiro atoms. The lowest BCUT2D eigenvalue weighted by Gasteiger charge is -2.15. The molecule has 2 rings (SSSR count). The molecule has 0 aromatic heterocycles. The second-order valence-electron chi connectivity index (χ2n) is 5.87. The predicted molar refractivity (Wildman–Crippen MR) is 84.0 cm³/mol. The van der Waals surface area contributed by atoms with Crippen LogP contribution in [0.4, 0.5) is 5.69 Å². The van der Waals surface area contributed by atoms with Crippen molar-refractivity contribution in [3.63, 3.8) is 0 Å². The SMILES string of the molecule is CCCCCNC(=O)C1(C(=O)Nc2cccc(C)c2)CC1. The van der Waals surface area contributed by atoms with Crippen molar-refractivity contribution in [1.82, 2.24) is 5.32 Å². The summed E-state index contributed by atoms with van der Waals surface area (Å²) >= 11 is 0. The Hall–Kier alpha value is -1.84. The van der Waals surface area contributed by atoms with Gasteiger partial charge < -0.3 is 10.6 Å². The highest BCUT2D eigenvalue weighted by molar-refractivity contribution is 6.13. The summed E-state index contributed by atoms with van der Waals surface area (Å²) in [4.78, 5) is 24.6. The number of nitrogens with one attached hydrogen (secondary N) is 2. The normalized spacial score (nSPS) is 15.3. The topological polar surface area (TPSA) is 58.2 Å². The molecule has 0 saturated heterocycles. The summed E-state index contributed by atoms with van der Waals surface area (Å²) in [6, 6.07) is 7.63. The van der Waals surface area contributed by atoms with Gasteiger partial charge in [0.05, 0.1) is 0 Å². The number of benzene rings is 1. The molecule has 0 bridgehead atoms. The van der Waals surface area contributed by atoms with Gasteiger partial charge in [0.1, 0.15) is 5.41 Å². The lowest BCUT2D eigenvalue weighted by Crippen LogP contribution is -2.40. The van der Waals surface area contributed by atoms with Crippen molar-refractivity contribution in [3.8, 4) is 0 Å². The second-order valence-corrected chi connectivity index (χ2v) is 5.87. The van der Waals surface area contributed by atoms with Gasteiger partial charge in [-0.3, -0.25) is 9.59 Å². The number of unbranched alkanes of at least 4 members (excludes halogenated alkanes) is 2. The first kappa shape index (κ1) is 15.5. The van der Waals surface area contributed by atoms with Crippen LogP contribution < -0.4 is 10.6 Å². The number of hydrogen-bond acceptors (Lipinski definition) is 2. The minimum absolute atomic E-state index is 0.122. The van der Waals surface area contributed by atoms with Crippen molar-refractivity contribution in [3.05, 3.63) is 29.8 Å². The van der Waals surface area contributed by atoms with Gasteiger partial charge in [-0.25, -0.2) is 0 Å². The van der Waals surface area contributed by atoms with Gasteiger partial charge in [0, 0.05) is 12.2 Å². The first-order valence-electron chi connectivity index (χ1n) is 7.75. The maximum Gasteiger partial charge on any atom is 0.240 e. The predicted octanol–water partition coefficient (Wildman–Crippen LogP) is 3.02. The van der Waals surface area contributed by atoms with Gasteiger partial charge in [-0.05, 0) is 43.9 Å². The van der Waals surface area contributed by atoms with E-state index in [-0.39, 0.29) is 11.8 Å². The Labute approximate surface area is 126 Å². The molecule has 0 atom stereocenters. The van der Waals surface area contributed by atoms with E-state index in [4.69, 9.17) is 0 Å². The van der Waals surface area contributed by atoms with Crippen LogP contribution in [0.5, 0.6) is 0 Å². The third-order valence-corrected chi connectivity index (χ3v) is 3.96. The number of anilines is 1. The number of carbonyl (C=O) groups is 2. The molecule has 4 heteroatoms. The van der Waals surface area contributed by atoms with Gasteiger partial charge in [0.2, 0.25) is 11.8 Å². The molecule has 0 aliphatic heterocycles. The fraction of sp³-hybridized carbons (Fsp3) is 0.529. The van der Waals surface area contributed by atoms with Crippen LogP contribution in [0.15, 0.2) is 24.3 Å². The van der Waals surface area contributed by atoms with Crippen molar-refractivity contribution in [2.24, 2.45) is 5.41 Å². The average molecular weight is 288 g/mol. The number of aryl methyl sites for hydroxylation is 1. The summed E-state index contributed by atoms with van der Waals surface area (Å²) < 4.78 is 0. The zero-order valence-electron chi connectivity index (χ0n) is 12.9. The number of hydrogen-bond donors (Lipinski definition) is 2. The molecule has 1 aliphatic carbocycles. The Kier molecular flexibility index (Phi) is 4.99. The molecule has 1 aromatic carbocycles. The number of carbonyl (C=O) groups excluding carboxylic acids is 2. The summed E-state index contributed by atoms with van der Waals surface area (Å²) in [5, 5.41) is 5.77. The molecular formula is C17H24N2O2. The van der Waals surface area contributed by atoms with Crippen molar-refractivity contribution < 1.29 is 9.59 Å². The lowest BCUT2D eigenvalue weighted by atomic mass is 10.0. The first-order valence-corrected chi connectivity index (χ1v) is 7.75. The summed E-state index contributed by atoms with van der Waals surface area (Å²) in [6.07, 6.45) is 4.48. The van der Waals surface area contributed by atoms with Crippen LogP contribution in [-0.4, -0.2) is 18.4 Å². The molecule has 0 unspecified atom stereocenters. The Morgan fingerprint density at radius 2 is 1.95 bits per heavy atom. The quantitative estimate of drug-likeness (QED) is 0.598. The highest BCUT2D eigenvalue weighted by Gasteiger charge is 2.56. The van der Waals surface area contributed by atoms with Crippen LogP contribution in [-0.2, 0) is 9.59 Å². The first-order chi connectivity index (χ1) is 10.1. The lowest BCUT2D eigenvalue weighted by molar-refractivity contribution is -0.134. The van der Waals surface area contributed by atoms with E-state index in [9.17, 15) is 9.59 Å². The molecule has 0 radical (unpaired) electrons. The van der Waals surface area contributed by atoms with Gasteiger partial charge in [-0.15, -0.1) is 0 Å². The number of amides is 2. The summed E-state index contributed by atoms with van der Waals surface area (Å²) in [7, 11) is 0. The molecule has 114 valence electrons. The maximum atomic E-state index is 12.4. The van der Waals surface area contributed by atoms with E-state index in [0.29, 0.717) is 19.4 Å². The standard InChI is InChI=1S/C17H24N2O2/c1-3-4-5-11-18-15(20)17(9-10-17)16(21)19-14-8-6-7-13(2)12-14/h6-8,12H,3-5,9-11H2,1-2H3,(H,18,20)(H,19,21). The molecule has 1 aromatic rings. The molecule has 1 saturated carbocycles. The minimum Gasteiger partial charge on any atom is -0.355 e. The second kappa shape index (κ2) is 6.74. The molecule has 2 N–H and O–H groups in total. The van der Waals surface area contributed by atoms with Crippen molar-refractivity contribution in [1.29, 1.82) is 0 Å². The van der Waals surface area contributed by atoms with Crippen LogP contribution >= 0.6 is 0 Å². The van der Waals surface area contributed by atoms with E-state index in [1.54, 1.807) is 0 Å². The Morgan fingerprint density at radius 1 is 1.19 bits per heavy atom. The van der Waals surface area contributed by atoms with Gasteiger partial charge in [-0.2, -0.15) is 0 Å². The fourth-order valence-corrected chi connectivity index (χ4v) is 2.40. The minimum atomic E-state index is -0.837. The van der Waals surface area contributed by atoms with E-state index in [2.05, 4.69) is 17.6 Å². The fourth-order valence-electron chi connectivity index (χ4n) is 2.40. The van der Waals surface area contributed by atoms with E-state index in [1.165, 1.54) is 0 Å². The maximum absolute atomic E-state index is 12.4.